The Kier molecular flexibility index (Phi) is 5.75. The first-order chi connectivity index (χ1) is 14.9. The number of alkyl halides is 3. The van der Waals surface area contributed by atoms with E-state index in [0.717, 1.165) is 17.0 Å². The summed E-state index contributed by atoms with van der Waals surface area (Å²) < 4.78 is 41.2. The SMILES string of the molecule is O=C(Cc1cccnc1)C[C@@H](c1ccc2ncccc2c1)c1ncccc1C(F)(F)F. The first-order valence-corrected chi connectivity index (χ1v) is 9.69. The highest BCUT2D eigenvalue weighted by atomic mass is 19.4. The summed E-state index contributed by atoms with van der Waals surface area (Å²) in [5, 5.41) is 0.786. The van der Waals surface area contributed by atoms with Crippen LogP contribution in [0.25, 0.3) is 10.9 Å². The predicted molar refractivity (Wildman–Crippen MR) is 110 cm³/mol. The van der Waals surface area contributed by atoms with Gasteiger partial charge in [-0.3, -0.25) is 19.7 Å². The minimum atomic E-state index is -4.58. The Balaban J connectivity index is 1.76. The summed E-state index contributed by atoms with van der Waals surface area (Å²) in [5.74, 6) is -1.03. The summed E-state index contributed by atoms with van der Waals surface area (Å²) in [4.78, 5) is 25.2. The maximum atomic E-state index is 13.7. The molecule has 0 N–H and O–H groups in total. The van der Waals surface area contributed by atoms with Gasteiger partial charge in [0.1, 0.15) is 5.78 Å². The molecule has 3 aromatic heterocycles. The van der Waals surface area contributed by atoms with Crippen LogP contribution in [-0.4, -0.2) is 20.7 Å². The highest BCUT2D eigenvalue weighted by molar-refractivity contribution is 5.83. The summed E-state index contributed by atoms with van der Waals surface area (Å²) in [6.45, 7) is 0. The summed E-state index contributed by atoms with van der Waals surface area (Å²) in [5.41, 5.74) is 1.04. The number of aromatic nitrogens is 3. The van der Waals surface area contributed by atoms with Gasteiger partial charge < -0.3 is 0 Å². The predicted octanol–water partition coefficient (Wildman–Crippen LogP) is 5.38. The molecule has 0 aliphatic heterocycles. The quantitative estimate of drug-likeness (QED) is 0.420. The van der Waals surface area contributed by atoms with Gasteiger partial charge >= 0.3 is 6.18 Å². The van der Waals surface area contributed by atoms with Crippen molar-refractivity contribution in [3.8, 4) is 0 Å². The molecule has 0 radical (unpaired) electrons. The van der Waals surface area contributed by atoms with Gasteiger partial charge in [0.25, 0.3) is 0 Å². The molecule has 0 amide bonds. The molecule has 0 aliphatic rings. The topological polar surface area (TPSA) is 55.7 Å². The molecule has 0 aliphatic carbocycles. The van der Waals surface area contributed by atoms with E-state index in [9.17, 15) is 18.0 Å². The lowest BCUT2D eigenvalue weighted by atomic mass is 9.86. The van der Waals surface area contributed by atoms with E-state index in [1.165, 1.54) is 12.3 Å². The zero-order chi connectivity index (χ0) is 21.8. The van der Waals surface area contributed by atoms with Crippen LogP contribution in [0, 0.1) is 0 Å². The van der Waals surface area contributed by atoms with Crippen LogP contribution >= 0.6 is 0 Å². The minimum absolute atomic E-state index is 0.0909. The maximum absolute atomic E-state index is 13.7. The number of hydrogen-bond donors (Lipinski definition) is 0. The molecule has 0 bridgehead atoms. The fraction of sp³-hybridized carbons (Fsp3) is 0.167. The Morgan fingerprint density at radius 3 is 2.48 bits per heavy atom. The molecule has 7 heteroatoms. The second kappa shape index (κ2) is 8.63. The first-order valence-electron chi connectivity index (χ1n) is 9.69. The number of carbonyl (C=O) groups excluding carboxylic acids is 1. The Hall–Kier alpha value is -3.61. The molecule has 3 heterocycles. The van der Waals surface area contributed by atoms with Crippen LogP contribution < -0.4 is 0 Å². The summed E-state index contributed by atoms with van der Waals surface area (Å²) >= 11 is 0. The normalized spacial score (nSPS) is 12.6. The highest BCUT2D eigenvalue weighted by Crippen LogP contribution is 2.38. The van der Waals surface area contributed by atoms with Crippen LogP contribution in [-0.2, 0) is 17.4 Å². The molecular formula is C24H18F3N3O. The van der Waals surface area contributed by atoms with Crippen molar-refractivity contribution >= 4 is 16.7 Å². The summed E-state index contributed by atoms with van der Waals surface area (Å²) in [6.07, 6.45) is 1.56. The number of pyridine rings is 3. The minimum Gasteiger partial charge on any atom is -0.299 e. The molecule has 0 saturated heterocycles. The monoisotopic (exact) mass is 421 g/mol. The van der Waals surface area contributed by atoms with E-state index in [4.69, 9.17) is 0 Å². The molecule has 4 nitrogen and oxygen atoms in total. The third kappa shape index (κ3) is 4.77. The van der Waals surface area contributed by atoms with E-state index in [2.05, 4.69) is 15.0 Å². The molecular weight excluding hydrogens is 403 g/mol. The van der Waals surface area contributed by atoms with E-state index in [-0.39, 0.29) is 24.3 Å². The van der Waals surface area contributed by atoms with Crippen LogP contribution in [0.5, 0.6) is 0 Å². The second-order valence-corrected chi connectivity index (χ2v) is 7.22. The number of rotatable bonds is 6. The lowest BCUT2D eigenvalue weighted by molar-refractivity contribution is -0.138. The average Bonchev–Trinajstić information content (AvgIpc) is 2.77. The van der Waals surface area contributed by atoms with E-state index < -0.39 is 17.7 Å². The van der Waals surface area contributed by atoms with Gasteiger partial charge in [-0.25, -0.2) is 0 Å². The number of ketones is 1. The Morgan fingerprint density at radius 1 is 0.935 bits per heavy atom. The molecule has 4 aromatic rings. The van der Waals surface area contributed by atoms with Crippen LogP contribution in [0.3, 0.4) is 0 Å². The van der Waals surface area contributed by atoms with Crippen molar-refractivity contribution in [3.05, 3.63) is 102 Å². The molecule has 1 aromatic carbocycles. The smallest absolute Gasteiger partial charge is 0.299 e. The molecule has 0 fully saturated rings. The number of hydrogen-bond acceptors (Lipinski definition) is 4. The number of carbonyl (C=O) groups is 1. The Bertz CT molecular complexity index is 1210. The van der Waals surface area contributed by atoms with Gasteiger partial charge in [0.15, 0.2) is 0 Å². The van der Waals surface area contributed by atoms with Gasteiger partial charge in [0.05, 0.1) is 16.8 Å². The third-order valence-electron chi connectivity index (χ3n) is 5.06. The number of halogens is 3. The van der Waals surface area contributed by atoms with Crippen molar-refractivity contribution < 1.29 is 18.0 Å². The molecule has 0 saturated carbocycles. The third-order valence-corrected chi connectivity index (χ3v) is 5.06. The summed E-state index contributed by atoms with van der Waals surface area (Å²) in [7, 11) is 0. The van der Waals surface area contributed by atoms with Gasteiger partial charge in [-0.2, -0.15) is 13.2 Å². The van der Waals surface area contributed by atoms with Crippen LogP contribution in [0.1, 0.15) is 34.7 Å². The highest BCUT2D eigenvalue weighted by Gasteiger charge is 2.37. The van der Waals surface area contributed by atoms with Gasteiger partial charge in [0.2, 0.25) is 0 Å². The van der Waals surface area contributed by atoms with E-state index in [1.807, 2.05) is 6.07 Å². The zero-order valence-corrected chi connectivity index (χ0v) is 16.4. The number of benzene rings is 1. The first kappa shape index (κ1) is 20.7. The average molecular weight is 421 g/mol. The zero-order valence-electron chi connectivity index (χ0n) is 16.4. The molecule has 0 spiro atoms. The van der Waals surface area contributed by atoms with Gasteiger partial charge in [-0.1, -0.05) is 18.2 Å². The van der Waals surface area contributed by atoms with E-state index >= 15 is 0 Å². The largest absolute Gasteiger partial charge is 0.418 e. The van der Waals surface area contributed by atoms with Crippen LogP contribution in [0.2, 0.25) is 0 Å². The van der Waals surface area contributed by atoms with E-state index in [0.29, 0.717) is 11.1 Å². The molecule has 4 rings (SSSR count). The van der Waals surface area contributed by atoms with Crippen molar-refractivity contribution in [1.82, 2.24) is 15.0 Å². The number of nitrogens with zero attached hydrogens (tertiary/aromatic N) is 3. The molecule has 31 heavy (non-hydrogen) atoms. The number of Topliss-reactive ketones (excluding diaryl/α,β-unsaturated/α-hetero) is 1. The van der Waals surface area contributed by atoms with Crippen molar-refractivity contribution in [2.45, 2.75) is 24.9 Å². The molecule has 156 valence electrons. The lowest BCUT2D eigenvalue weighted by Crippen LogP contribution is -2.18. The van der Waals surface area contributed by atoms with Gasteiger partial charge in [-0.15, -0.1) is 0 Å². The molecule has 0 unspecified atom stereocenters. The summed E-state index contributed by atoms with van der Waals surface area (Å²) in [6, 6.07) is 14.6. The molecule has 1 atom stereocenters. The fourth-order valence-electron chi connectivity index (χ4n) is 3.65. The van der Waals surface area contributed by atoms with Crippen molar-refractivity contribution in [3.63, 3.8) is 0 Å². The fourth-order valence-corrected chi connectivity index (χ4v) is 3.65. The van der Waals surface area contributed by atoms with Crippen molar-refractivity contribution in [2.75, 3.05) is 0 Å². The van der Waals surface area contributed by atoms with Crippen LogP contribution in [0.4, 0.5) is 13.2 Å². The van der Waals surface area contributed by atoms with Crippen molar-refractivity contribution in [2.24, 2.45) is 0 Å². The maximum Gasteiger partial charge on any atom is 0.418 e. The van der Waals surface area contributed by atoms with Gasteiger partial charge in [-0.05, 0) is 47.5 Å². The number of fused-ring (bicyclic) bond motifs is 1. The Labute approximate surface area is 176 Å². The van der Waals surface area contributed by atoms with Crippen molar-refractivity contribution in [1.29, 1.82) is 0 Å². The van der Waals surface area contributed by atoms with Crippen LogP contribution in [0.15, 0.2) is 79.4 Å². The van der Waals surface area contributed by atoms with Gasteiger partial charge in [0, 0.05) is 48.9 Å². The Morgan fingerprint density at radius 2 is 1.71 bits per heavy atom. The van der Waals surface area contributed by atoms with E-state index in [1.54, 1.807) is 55.0 Å². The second-order valence-electron chi connectivity index (χ2n) is 7.22. The lowest BCUT2D eigenvalue weighted by Gasteiger charge is -2.21. The standard InChI is InChI=1S/C24H18F3N3O/c25-24(26,27)21-6-3-11-30-23(21)20(14-19(31)12-16-4-1-9-28-15-16)17-7-8-22-18(13-17)5-2-10-29-22/h1-11,13,15,20H,12,14H2/t20-/m0/s1.